The molecule has 1 aromatic heterocycles. The van der Waals surface area contributed by atoms with E-state index in [-0.39, 0.29) is 18.1 Å². The van der Waals surface area contributed by atoms with Crippen molar-refractivity contribution in [2.24, 2.45) is 5.92 Å². The lowest BCUT2D eigenvalue weighted by Crippen LogP contribution is -2.38. The molecule has 2 amide bonds. The van der Waals surface area contributed by atoms with Crippen molar-refractivity contribution in [2.45, 2.75) is 19.4 Å². The fourth-order valence-corrected chi connectivity index (χ4v) is 1.78. The second-order valence-corrected chi connectivity index (χ2v) is 4.82. The van der Waals surface area contributed by atoms with Gasteiger partial charge in [-0.15, -0.1) is 0 Å². The van der Waals surface area contributed by atoms with Crippen LogP contribution in [0, 0.1) is 5.92 Å². The second kappa shape index (κ2) is 5.69. The molecule has 0 spiro atoms. The summed E-state index contributed by atoms with van der Waals surface area (Å²) in [6, 6.07) is 2.73. The SMILES string of the molecule is CN(CC1CC1)C(=O)NCc1cc(C(=O)O)ccn1. The van der Waals surface area contributed by atoms with E-state index in [2.05, 4.69) is 10.3 Å². The summed E-state index contributed by atoms with van der Waals surface area (Å²) in [5.41, 5.74) is 0.707. The number of urea groups is 1. The molecule has 1 aliphatic carbocycles. The number of carbonyl (C=O) groups is 2. The first-order valence-corrected chi connectivity index (χ1v) is 6.23. The number of carboxylic acid groups (broad SMARTS) is 1. The number of carbonyl (C=O) groups excluding carboxylic acids is 1. The Labute approximate surface area is 111 Å². The molecule has 0 aliphatic heterocycles. The molecule has 1 heterocycles. The van der Waals surface area contributed by atoms with Gasteiger partial charge in [-0.25, -0.2) is 9.59 Å². The van der Waals surface area contributed by atoms with Crippen LogP contribution in [-0.4, -0.2) is 40.6 Å². The van der Waals surface area contributed by atoms with Gasteiger partial charge in [0, 0.05) is 19.8 Å². The van der Waals surface area contributed by atoms with E-state index in [1.807, 2.05) is 0 Å². The van der Waals surface area contributed by atoms with Crippen LogP contribution in [0.4, 0.5) is 4.79 Å². The standard InChI is InChI=1S/C13H17N3O3/c1-16(8-9-2-3-9)13(19)15-7-11-6-10(12(17)18)4-5-14-11/h4-6,9H,2-3,7-8H2,1H3,(H,15,19)(H,17,18). The molecule has 1 aromatic rings. The molecule has 6 nitrogen and oxygen atoms in total. The van der Waals surface area contributed by atoms with Crippen molar-refractivity contribution in [3.63, 3.8) is 0 Å². The Morgan fingerprint density at radius 2 is 2.26 bits per heavy atom. The monoisotopic (exact) mass is 263 g/mol. The zero-order chi connectivity index (χ0) is 13.8. The van der Waals surface area contributed by atoms with Crippen LogP contribution in [-0.2, 0) is 6.54 Å². The fourth-order valence-electron chi connectivity index (χ4n) is 1.78. The van der Waals surface area contributed by atoms with Crippen molar-refractivity contribution in [1.29, 1.82) is 0 Å². The normalized spacial score (nSPS) is 13.9. The molecule has 0 radical (unpaired) electrons. The number of hydrogen-bond donors (Lipinski definition) is 2. The van der Waals surface area contributed by atoms with Crippen molar-refractivity contribution in [3.05, 3.63) is 29.6 Å². The van der Waals surface area contributed by atoms with Crippen LogP contribution >= 0.6 is 0 Å². The molecule has 0 unspecified atom stereocenters. The maximum atomic E-state index is 11.8. The van der Waals surface area contributed by atoms with E-state index in [0.717, 1.165) is 6.54 Å². The molecule has 1 fully saturated rings. The van der Waals surface area contributed by atoms with Gasteiger partial charge < -0.3 is 15.3 Å². The summed E-state index contributed by atoms with van der Waals surface area (Å²) in [4.78, 5) is 28.3. The van der Waals surface area contributed by atoms with E-state index in [1.54, 1.807) is 11.9 Å². The van der Waals surface area contributed by atoms with Gasteiger partial charge in [0.05, 0.1) is 17.8 Å². The van der Waals surface area contributed by atoms with Gasteiger partial charge in [0.15, 0.2) is 0 Å². The third-order valence-corrected chi connectivity index (χ3v) is 3.06. The highest BCUT2D eigenvalue weighted by Crippen LogP contribution is 2.29. The fraction of sp³-hybridized carbons (Fsp3) is 0.462. The Kier molecular flexibility index (Phi) is 3.99. The number of nitrogens with one attached hydrogen (secondary N) is 1. The molecule has 2 N–H and O–H groups in total. The van der Waals surface area contributed by atoms with Crippen LogP contribution in [0.3, 0.4) is 0 Å². The van der Waals surface area contributed by atoms with Gasteiger partial charge in [-0.1, -0.05) is 0 Å². The number of nitrogens with zero attached hydrogens (tertiary/aromatic N) is 2. The number of carboxylic acids is 1. The summed E-state index contributed by atoms with van der Waals surface area (Å²) >= 11 is 0. The van der Waals surface area contributed by atoms with Gasteiger partial charge in [-0.3, -0.25) is 4.98 Å². The van der Waals surface area contributed by atoms with Crippen LogP contribution in [0.1, 0.15) is 28.9 Å². The lowest BCUT2D eigenvalue weighted by Gasteiger charge is -2.17. The average Bonchev–Trinajstić information content (AvgIpc) is 3.20. The Bertz CT molecular complexity index is 486. The lowest BCUT2D eigenvalue weighted by molar-refractivity contribution is 0.0696. The van der Waals surface area contributed by atoms with Crippen LogP contribution < -0.4 is 5.32 Å². The first-order valence-electron chi connectivity index (χ1n) is 6.23. The van der Waals surface area contributed by atoms with Crippen molar-refractivity contribution in [1.82, 2.24) is 15.2 Å². The molecule has 6 heteroatoms. The Balaban J connectivity index is 1.85. The highest BCUT2D eigenvalue weighted by Gasteiger charge is 2.24. The average molecular weight is 263 g/mol. The molecule has 1 aliphatic rings. The number of aromatic nitrogens is 1. The van der Waals surface area contributed by atoms with Gasteiger partial charge in [-0.2, -0.15) is 0 Å². The number of hydrogen-bond acceptors (Lipinski definition) is 3. The van der Waals surface area contributed by atoms with E-state index in [4.69, 9.17) is 5.11 Å². The molecule has 0 saturated heterocycles. The zero-order valence-corrected chi connectivity index (χ0v) is 10.8. The summed E-state index contributed by atoms with van der Waals surface area (Å²) in [7, 11) is 1.76. The number of aromatic carboxylic acids is 1. The first kappa shape index (κ1) is 13.3. The zero-order valence-electron chi connectivity index (χ0n) is 10.8. The molecular formula is C13H17N3O3. The molecule has 102 valence electrons. The highest BCUT2D eigenvalue weighted by molar-refractivity contribution is 5.87. The lowest BCUT2D eigenvalue weighted by atomic mass is 10.2. The van der Waals surface area contributed by atoms with Crippen molar-refractivity contribution >= 4 is 12.0 Å². The minimum absolute atomic E-state index is 0.158. The topological polar surface area (TPSA) is 82.5 Å². The van der Waals surface area contributed by atoms with Crippen molar-refractivity contribution in [2.75, 3.05) is 13.6 Å². The van der Waals surface area contributed by atoms with Gasteiger partial charge >= 0.3 is 12.0 Å². The van der Waals surface area contributed by atoms with Crippen LogP contribution in [0.2, 0.25) is 0 Å². The third-order valence-electron chi connectivity index (χ3n) is 3.06. The molecule has 0 bridgehead atoms. The first-order chi connectivity index (χ1) is 9.06. The number of amides is 2. The highest BCUT2D eigenvalue weighted by atomic mass is 16.4. The summed E-state index contributed by atoms with van der Waals surface area (Å²) in [5, 5.41) is 11.6. The Morgan fingerprint density at radius 1 is 1.53 bits per heavy atom. The van der Waals surface area contributed by atoms with Gasteiger partial charge in [0.1, 0.15) is 0 Å². The molecule has 19 heavy (non-hydrogen) atoms. The quantitative estimate of drug-likeness (QED) is 0.839. The van der Waals surface area contributed by atoms with E-state index in [1.165, 1.54) is 31.2 Å². The third kappa shape index (κ3) is 3.94. The Morgan fingerprint density at radius 3 is 2.89 bits per heavy atom. The van der Waals surface area contributed by atoms with Crippen LogP contribution in [0.25, 0.3) is 0 Å². The second-order valence-electron chi connectivity index (χ2n) is 4.82. The van der Waals surface area contributed by atoms with Crippen molar-refractivity contribution in [3.8, 4) is 0 Å². The van der Waals surface area contributed by atoms with E-state index < -0.39 is 5.97 Å². The summed E-state index contributed by atoms with van der Waals surface area (Å²) in [5.74, 6) is -0.356. The minimum atomic E-state index is -0.999. The smallest absolute Gasteiger partial charge is 0.335 e. The van der Waals surface area contributed by atoms with Crippen LogP contribution in [0.5, 0.6) is 0 Å². The molecular weight excluding hydrogens is 246 g/mol. The van der Waals surface area contributed by atoms with E-state index in [9.17, 15) is 9.59 Å². The molecule has 0 aromatic carbocycles. The summed E-state index contributed by atoms with van der Waals surface area (Å²) in [6.45, 7) is 1.00. The summed E-state index contributed by atoms with van der Waals surface area (Å²) < 4.78 is 0. The predicted octanol–water partition coefficient (Wildman–Crippen LogP) is 1.33. The van der Waals surface area contributed by atoms with Gasteiger partial charge in [0.2, 0.25) is 0 Å². The van der Waals surface area contributed by atoms with Gasteiger partial charge in [0.25, 0.3) is 0 Å². The number of pyridine rings is 1. The largest absolute Gasteiger partial charge is 0.478 e. The maximum absolute atomic E-state index is 11.8. The number of rotatable bonds is 5. The summed E-state index contributed by atoms with van der Waals surface area (Å²) in [6.07, 6.45) is 3.82. The Hall–Kier alpha value is -2.11. The van der Waals surface area contributed by atoms with E-state index >= 15 is 0 Å². The predicted molar refractivity (Wildman–Crippen MR) is 68.8 cm³/mol. The molecule has 1 saturated carbocycles. The minimum Gasteiger partial charge on any atom is -0.478 e. The van der Waals surface area contributed by atoms with Crippen LogP contribution in [0.15, 0.2) is 18.3 Å². The maximum Gasteiger partial charge on any atom is 0.335 e. The molecule has 2 rings (SSSR count). The van der Waals surface area contributed by atoms with E-state index in [0.29, 0.717) is 11.6 Å². The molecule has 0 atom stereocenters. The van der Waals surface area contributed by atoms with Crippen molar-refractivity contribution < 1.29 is 14.7 Å². The van der Waals surface area contributed by atoms with Gasteiger partial charge in [-0.05, 0) is 30.9 Å².